The van der Waals surface area contributed by atoms with E-state index < -0.39 is 9.60 Å². The van der Waals surface area contributed by atoms with Gasteiger partial charge in [-0.1, -0.05) is 0 Å². The first kappa shape index (κ1) is 13.3. The molecule has 0 unspecified atom stereocenters. The van der Waals surface area contributed by atoms with Crippen LogP contribution in [0.2, 0.25) is 0 Å². The van der Waals surface area contributed by atoms with E-state index in [0.29, 0.717) is 0 Å². The summed E-state index contributed by atoms with van der Waals surface area (Å²) in [6.07, 6.45) is 1.82. The van der Waals surface area contributed by atoms with Gasteiger partial charge in [0.05, 0.1) is 0 Å². The second-order valence-corrected chi connectivity index (χ2v) is 5.14. The fraction of sp³-hybridized carbons (Fsp3) is 0.833. The van der Waals surface area contributed by atoms with E-state index in [4.69, 9.17) is 10.3 Å². The molecule has 1 heterocycles. The van der Waals surface area contributed by atoms with Gasteiger partial charge in [-0.15, -0.1) is 0 Å². The van der Waals surface area contributed by atoms with E-state index in [1.165, 1.54) is 0 Å². The molecule has 0 aromatic carbocycles. The largest absolute Gasteiger partial charge is 0.582 e. The predicted molar refractivity (Wildman–Crippen MR) is 54.6 cm³/mol. The van der Waals surface area contributed by atoms with Gasteiger partial charge < -0.3 is 15.6 Å². The maximum atomic E-state index is 10.5. The number of nitrogens with one attached hydrogen (secondary N) is 1. The van der Waals surface area contributed by atoms with Crippen LogP contribution < -0.4 is 11.1 Å². The van der Waals surface area contributed by atoms with Gasteiger partial charge in [0.25, 0.3) is 0 Å². The first-order valence-corrected chi connectivity index (χ1v) is 6.58. The number of carbonyl (C=O) groups is 1. The molecule has 78 valence electrons. The SMILES string of the molecule is NC(=O)C1CCNCC1.[O-][S+](Cl)Cl. The van der Waals surface area contributed by atoms with Crippen LogP contribution in [0.1, 0.15) is 12.8 Å². The van der Waals surface area contributed by atoms with E-state index in [2.05, 4.69) is 26.7 Å². The Bertz CT molecular complexity index is 151. The number of carbonyl (C=O) groups excluding carboxylic acids is 1. The average molecular weight is 247 g/mol. The number of nitrogens with two attached hydrogens (primary N) is 1. The number of piperidine rings is 1. The van der Waals surface area contributed by atoms with Crippen LogP contribution in [0.25, 0.3) is 0 Å². The van der Waals surface area contributed by atoms with Gasteiger partial charge in [0.2, 0.25) is 5.91 Å². The van der Waals surface area contributed by atoms with Crippen molar-refractivity contribution < 1.29 is 9.35 Å². The summed E-state index contributed by atoms with van der Waals surface area (Å²) in [6, 6.07) is 0. The number of hydrogen-bond donors (Lipinski definition) is 2. The lowest BCUT2D eigenvalue weighted by atomic mass is 9.98. The van der Waals surface area contributed by atoms with E-state index in [9.17, 15) is 4.79 Å². The lowest BCUT2D eigenvalue weighted by Crippen LogP contribution is -2.34. The number of halogens is 2. The van der Waals surface area contributed by atoms with Crippen molar-refractivity contribution in [3.63, 3.8) is 0 Å². The molecule has 1 fully saturated rings. The maximum Gasteiger partial charge on any atom is 0.220 e. The third-order valence-corrected chi connectivity index (χ3v) is 1.74. The van der Waals surface area contributed by atoms with Crippen molar-refractivity contribution in [3.05, 3.63) is 0 Å². The van der Waals surface area contributed by atoms with Crippen LogP contribution in [-0.4, -0.2) is 23.5 Å². The zero-order valence-electron chi connectivity index (χ0n) is 6.96. The summed E-state index contributed by atoms with van der Waals surface area (Å²) in [5.74, 6) is -0.0113. The summed E-state index contributed by atoms with van der Waals surface area (Å²) in [7, 11) is 7.36. The molecule has 0 aliphatic carbocycles. The molecule has 0 spiro atoms. The van der Waals surface area contributed by atoms with Crippen LogP contribution in [0, 0.1) is 5.92 Å². The van der Waals surface area contributed by atoms with Gasteiger partial charge >= 0.3 is 0 Å². The highest BCUT2D eigenvalue weighted by molar-refractivity contribution is 8.31. The molecule has 3 N–H and O–H groups in total. The van der Waals surface area contributed by atoms with Crippen LogP contribution >= 0.6 is 21.4 Å². The van der Waals surface area contributed by atoms with Crippen molar-refractivity contribution in [3.8, 4) is 0 Å². The predicted octanol–water partition coefficient (Wildman–Crippen LogP) is 0.514. The highest BCUT2D eigenvalue weighted by atomic mass is 36.0. The van der Waals surface area contributed by atoms with Gasteiger partial charge in [-0.25, -0.2) is 0 Å². The molecule has 1 saturated heterocycles. The molecule has 1 aliphatic rings. The average Bonchev–Trinajstić information content (AvgIpc) is 2.05. The van der Waals surface area contributed by atoms with Crippen molar-refractivity contribution in [1.82, 2.24) is 5.32 Å². The topological polar surface area (TPSA) is 78.2 Å². The van der Waals surface area contributed by atoms with Gasteiger partial charge in [0.1, 0.15) is 0 Å². The lowest BCUT2D eigenvalue weighted by Gasteiger charge is -2.18. The van der Waals surface area contributed by atoms with Crippen molar-refractivity contribution >= 4 is 36.9 Å². The van der Waals surface area contributed by atoms with Crippen molar-refractivity contribution in [2.75, 3.05) is 13.1 Å². The highest BCUT2D eigenvalue weighted by Gasteiger charge is 2.17. The summed E-state index contributed by atoms with van der Waals surface area (Å²) in [5, 5.41) is 3.16. The highest BCUT2D eigenvalue weighted by Crippen LogP contribution is 2.09. The number of amides is 1. The summed E-state index contributed by atoms with van der Waals surface area (Å²) in [5.41, 5.74) is 5.10. The molecule has 1 amide bonds. The minimum atomic E-state index is -1.67. The Balaban J connectivity index is 0.000000310. The normalized spacial score (nSPS) is 17.8. The van der Waals surface area contributed by atoms with E-state index in [1.807, 2.05) is 0 Å². The summed E-state index contributed by atoms with van der Waals surface area (Å²) in [6.45, 7) is 1.88. The van der Waals surface area contributed by atoms with E-state index in [1.54, 1.807) is 0 Å². The third kappa shape index (κ3) is 8.64. The van der Waals surface area contributed by atoms with Crippen LogP contribution in [0.5, 0.6) is 0 Å². The van der Waals surface area contributed by atoms with Crippen LogP contribution in [0.3, 0.4) is 0 Å². The quantitative estimate of drug-likeness (QED) is 0.663. The molecule has 1 rings (SSSR count). The number of rotatable bonds is 1. The Morgan fingerprint density at radius 2 is 1.85 bits per heavy atom. The van der Waals surface area contributed by atoms with E-state index in [0.717, 1.165) is 25.9 Å². The monoisotopic (exact) mass is 246 g/mol. The molecule has 0 saturated carbocycles. The van der Waals surface area contributed by atoms with Gasteiger partial charge in [-0.2, -0.15) is 0 Å². The molecular formula is C6H12Cl2N2O2S. The molecule has 0 atom stereocenters. The zero-order chi connectivity index (χ0) is 10.3. The summed E-state index contributed by atoms with van der Waals surface area (Å²) in [4.78, 5) is 10.5. The first-order chi connectivity index (χ1) is 6.04. The van der Waals surface area contributed by atoms with E-state index in [-0.39, 0.29) is 11.8 Å². The van der Waals surface area contributed by atoms with Crippen LogP contribution in [0.4, 0.5) is 0 Å². The second kappa shape index (κ2) is 7.70. The lowest BCUT2D eigenvalue weighted by molar-refractivity contribution is -0.122. The Hall–Kier alpha value is 0.320. The summed E-state index contributed by atoms with van der Waals surface area (Å²) < 4.78 is 9.09. The second-order valence-electron chi connectivity index (χ2n) is 2.61. The molecule has 0 aromatic rings. The molecule has 7 heteroatoms. The van der Waals surface area contributed by atoms with Gasteiger partial charge in [0.15, 0.2) is 31.0 Å². The van der Waals surface area contributed by atoms with E-state index >= 15 is 0 Å². The van der Waals surface area contributed by atoms with Gasteiger partial charge in [-0.3, -0.25) is 4.79 Å². The van der Waals surface area contributed by atoms with Crippen molar-refractivity contribution in [2.45, 2.75) is 12.8 Å². The maximum absolute atomic E-state index is 10.5. The van der Waals surface area contributed by atoms with Crippen LogP contribution in [0.15, 0.2) is 0 Å². The molecule has 13 heavy (non-hydrogen) atoms. The van der Waals surface area contributed by atoms with Gasteiger partial charge in [0, 0.05) is 5.92 Å². The number of hydrogen-bond acceptors (Lipinski definition) is 3. The first-order valence-electron chi connectivity index (χ1n) is 3.78. The summed E-state index contributed by atoms with van der Waals surface area (Å²) >= 11 is 0. The smallest absolute Gasteiger partial charge is 0.220 e. The molecular weight excluding hydrogens is 235 g/mol. The number of primary amides is 1. The van der Waals surface area contributed by atoms with Crippen molar-refractivity contribution in [1.29, 1.82) is 0 Å². The Morgan fingerprint density at radius 3 is 2.08 bits per heavy atom. The standard InChI is InChI=1S/C6H12N2O.Cl2OS/c7-6(9)5-1-3-8-4-2-5;1-4(2)3/h5,8H,1-4H2,(H2,7,9);. The molecule has 0 aromatic heterocycles. The molecule has 0 radical (unpaired) electrons. The fourth-order valence-electron chi connectivity index (χ4n) is 1.11. The van der Waals surface area contributed by atoms with Crippen LogP contribution in [-0.2, 0) is 14.4 Å². The fourth-order valence-corrected chi connectivity index (χ4v) is 1.11. The van der Waals surface area contributed by atoms with Gasteiger partial charge in [-0.05, 0) is 25.9 Å². The zero-order valence-corrected chi connectivity index (χ0v) is 9.29. The molecule has 1 aliphatic heterocycles. The minimum Gasteiger partial charge on any atom is -0.582 e. The molecule has 0 bridgehead atoms. The van der Waals surface area contributed by atoms with Crippen molar-refractivity contribution in [2.24, 2.45) is 11.7 Å². The Kier molecular flexibility index (Phi) is 7.89. The molecule has 4 nitrogen and oxygen atoms in total. The third-order valence-electron chi connectivity index (χ3n) is 1.74. The minimum absolute atomic E-state index is 0.131. The Labute approximate surface area is 89.3 Å². The Morgan fingerprint density at radius 1 is 1.46 bits per heavy atom.